The van der Waals surface area contributed by atoms with E-state index in [0.29, 0.717) is 13.0 Å². The number of carbonyl (C=O) groups is 3. The first-order chi connectivity index (χ1) is 14.8. The number of carboxylic acid groups (broad SMARTS) is 1. The second-order valence-corrected chi connectivity index (χ2v) is 7.00. The van der Waals surface area contributed by atoms with E-state index in [9.17, 15) is 14.0 Å². The van der Waals surface area contributed by atoms with E-state index in [2.05, 4.69) is 16.0 Å². The van der Waals surface area contributed by atoms with Gasteiger partial charge in [-0.05, 0) is 35.7 Å². The number of nitrogens with one attached hydrogen (secondary N) is 4. The molecule has 3 rings (SSSR count). The van der Waals surface area contributed by atoms with Gasteiger partial charge in [-0.25, -0.2) is 4.39 Å². The number of carbonyl (C=O) groups excluding carboxylic acids is 2. The lowest BCUT2D eigenvalue weighted by atomic mass is 10.0. The van der Waals surface area contributed by atoms with E-state index in [-0.39, 0.29) is 29.1 Å². The molecule has 2 atom stereocenters. The van der Waals surface area contributed by atoms with Crippen molar-refractivity contribution in [2.24, 2.45) is 11.7 Å². The van der Waals surface area contributed by atoms with Crippen LogP contribution in [0, 0.1) is 17.1 Å². The Bertz CT molecular complexity index is 988. The molecule has 2 amide bonds. The molecule has 2 aromatic carbocycles. The van der Waals surface area contributed by atoms with E-state index in [1.54, 1.807) is 0 Å². The third kappa shape index (κ3) is 6.41. The Balaban J connectivity index is 0.00000107. The number of anilines is 1. The van der Waals surface area contributed by atoms with Crippen molar-refractivity contribution in [3.05, 3.63) is 64.4 Å². The highest BCUT2D eigenvalue weighted by Gasteiger charge is 2.34. The summed E-state index contributed by atoms with van der Waals surface area (Å²) in [6.45, 7) is 0.124. The minimum atomic E-state index is -0.913. The molecule has 7 N–H and O–H groups in total. The number of rotatable bonds is 4. The van der Waals surface area contributed by atoms with Gasteiger partial charge in [0, 0.05) is 18.2 Å². The van der Waals surface area contributed by atoms with Crippen LogP contribution in [0.3, 0.4) is 0 Å². The first-order valence-corrected chi connectivity index (χ1v) is 9.45. The number of nitrogens with two attached hydrogens (primary N) is 1. The summed E-state index contributed by atoms with van der Waals surface area (Å²) in [6, 6.07) is 10.9. The number of hydrogen-bond donors (Lipinski definition) is 6. The standard InChI is InChI=1S/C19H19ClFN5O2.CH2O2/c20-14-6-5-12(8-15(14)21)25-17(27)18(28)26-16-11(9-24-19(22)23)7-10-3-1-2-4-13(10)16;2-1-3/h1-6,8,11,16H,7,9H2,(H,25,27)(H,26,28)(H4,22,23,24);1H,(H,2,3)/t11-,16-;/m0./s1. The second kappa shape index (κ2) is 10.9. The molecule has 0 aliphatic heterocycles. The fraction of sp³-hybridized carbons (Fsp3) is 0.200. The van der Waals surface area contributed by atoms with E-state index in [1.807, 2.05) is 24.3 Å². The van der Waals surface area contributed by atoms with Crippen LogP contribution in [0.4, 0.5) is 10.1 Å². The summed E-state index contributed by atoms with van der Waals surface area (Å²) in [5, 5.41) is 22.0. The molecule has 164 valence electrons. The maximum atomic E-state index is 13.5. The summed E-state index contributed by atoms with van der Waals surface area (Å²) < 4.78 is 13.5. The lowest BCUT2D eigenvalue weighted by Gasteiger charge is -2.22. The summed E-state index contributed by atoms with van der Waals surface area (Å²) in [7, 11) is 0. The van der Waals surface area contributed by atoms with E-state index in [4.69, 9.17) is 32.6 Å². The fourth-order valence-corrected chi connectivity index (χ4v) is 3.39. The van der Waals surface area contributed by atoms with Gasteiger partial charge in [0.1, 0.15) is 5.82 Å². The zero-order chi connectivity index (χ0) is 23.0. The molecule has 0 saturated carbocycles. The average Bonchev–Trinajstić information content (AvgIpc) is 3.07. The lowest BCUT2D eigenvalue weighted by molar-refractivity contribution is -0.136. The predicted octanol–water partition coefficient (Wildman–Crippen LogP) is 1.63. The molecule has 0 heterocycles. The van der Waals surface area contributed by atoms with Gasteiger partial charge >= 0.3 is 11.8 Å². The topological polar surface area (TPSA) is 157 Å². The summed E-state index contributed by atoms with van der Waals surface area (Å²) in [5.74, 6) is -2.69. The van der Waals surface area contributed by atoms with E-state index >= 15 is 0 Å². The Morgan fingerprint density at radius 2 is 1.94 bits per heavy atom. The molecule has 11 heteroatoms. The average molecular weight is 450 g/mol. The molecule has 2 aromatic rings. The third-order valence-electron chi connectivity index (χ3n) is 4.57. The van der Waals surface area contributed by atoms with Gasteiger partial charge in [0.25, 0.3) is 6.47 Å². The van der Waals surface area contributed by atoms with Crippen molar-refractivity contribution in [2.75, 3.05) is 11.9 Å². The molecule has 9 nitrogen and oxygen atoms in total. The maximum absolute atomic E-state index is 13.5. The second-order valence-electron chi connectivity index (χ2n) is 6.60. The Morgan fingerprint density at radius 1 is 1.26 bits per heavy atom. The summed E-state index contributed by atoms with van der Waals surface area (Å²) in [6.07, 6.45) is 0.672. The first-order valence-electron chi connectivity index (χ1n) is 9.07. The number of halogens is 2. The number of amides is 2. The molecule has 0 fully saturated rings. The highest BCUT2D eigenvalue weighted by atomic mass is 35.5. The maximum Gasteiger partial charge on any atom is 0.313 e. The molecule has 1 aliphatic rings. The Labute approximate surface area is 182 Å². The van der Waals surface area contributed by atoms with Crippen LogP contribution < -0.4 is 21.7 Å². The van der Waals surface area contributed by atoms with Crippen LogP contribution in [0.5, 0.6) is 0 Å². The van der Waals surface area contributed by atoms with Crippen LogP contribution in [0.25, 0.3) is 0 Å². The highest BCUT2D eigenvalue weighted by Crippen LogP contribution is 2.35. The third-order valence-corrected chi connectivity index (χ3v) is 4.88. The Hall–Kier alpha value is -3.66. The normalized spacial score (nSPS) is 16.2. The predicted molar refractivity (Wildman–Crippen MR) is 113 cm³/mol. The van der Waals surface area contributed by atoms with Crippen molar-refractivity contribution in [3.8, 4) is 0 Å². The van der Waals surface area contributed by atoms with Crippen molar-refractivity contribution in [2.45, 2.75) is 12.5 Å². The fourth-order valence-electron chi connectivity index (χ4n) is 3.27. The van der Waals surface area contributed by atoms with Gasteiger partial charge < -0.3 is 26.8 Å². The van der Waals surface area contributed by atoms with Gasteiger partial charge in [0.2, 0.25) is 0 Å². The molecular formula is C20H21ClFN5O4. The first kappa shape index (κ1) is 23.6. The monoisotopic (exact) mass is 449 g/mol. The van der Waals surface area contributed by atoms with Crippen LogP contribution in [0.2, 0.25) is 5.02 Å². The van der Waals surface area contributed by atoms with Crippen LogP contribution in [0.1, 0.15) is 17.2 Å². The van der Waals surface area contributed by atoms with E-state index in [0.717, 1.165) is 17.2 Å². The summed E-state index contributed by atoms with van der Waals surface area (Å²) in [5.41, 5.74) is 7.46. The summed E-state index contributed by atoms with van der Waals surface area (Å²) >= 11 is 5.61. The minimum absolute atomic E-state index is 0.0778. The SMILES string of the molecule is N=C(N)NC[C@@H]1Cc2ccccc2[C@H]1NC(=O)C(=O)Nc1ccc(Cl)c(F)c1.O=CO. The largest absolute Gasteiger partial charge is 0.483 e. The van der Waals surface area contributed by atoms with E-state index in [1.165, 1.54) is 12.1 Å². The zero-order valence-corrected chi connectivity index (χ0v) is 16.9. The van der Waals surface area contributed by atoms with Crippen LogP contribution in [-0.4, -0.2) is 35.9 Å². The number of guanidine groups is 1. The van der Waals surface area contributed by atoms with Gasteiger partial charge in [-0.1, -0.05) is 35.9 Å². The molecule has 0 radical (unpaired) electrons. The van der Waals surface area contributed by atoms with Gasteiger partial charge in [-0.2, -0.15) is 0 Å². The van der Waals surface area contributed by atoms with Crippen molar-refractivity contribution >= 4 is 41.5 Å². The lowest BCUT2D eigenvalue weighted by Crippen LogP contribution is -2.42. The number of benzene rings is 2. The summed E-state index contributed by atoms with van der Waals surface area (Å²) in [4.78, 5) is 33.0. The zero-order valence-electron chi connectivity index (χ0n) is 16.2. The van der Waals surface area contributed by atoms with Crippen molar-refractivity contribution in [3.63, 3.8) is 0 Å². The Morgan fingerprint density at radius 3 is 2.58 bits per heavy atom. The molecule has 1 aliphatic carbocycles. The molecular weight excluding hydrogens is 429 g/mol. The van der Waals surface area contributed by atoms with E-state index < -0.39 is 23.7 Å². The highest BCUT2D eigenvalue weighted by molar-refractivity contribution is 6.39. The van der Waals surface area contributed by atoms with Gasteiger partial charge in [0.15, 0.2) is 5.96 Å². The van der Waals surface area contributed by atoms with Crippen molar-refractivity contribution in [1.29, 1.82) is 5.41 Å². The quantitative estimate of drug-likeness (QED) is 0.180. The molecule has 31 heavy (non-hydrogen) atoms. The number of hydrogen-bond acceptors (Lipinski definition) is 4. The van der Waals surface area contributed by atoms with Gasteiger partial charge in [-0.3, -0.25) is 19.8 Å². The molecule has 0 saturated heterocycles. The van der Waals surface area contributed by atoms with Crippen LogP contribution in [-0.2, 0) is 20.8 Å². The molecule has 0 unspecified atom stereocenters. The van der Waals surface area contributed by atoms with Crippen LogP contribution >= 0.6 is 11.6 Å². The minimum Gasteiger partial charge on any atom is -0.483 e. The molecule has 0 bridgehead atoms. The number of fused-ring (bicyclic) bond motifs is 1. The molecule has 0 spiro atoms. The van der Waals surface area contributed by atoms with Crippen molar-refractivity contribution < 1.29 is 23.9 Å². The van der Waals surface area contributed by atoms with Crippen LogP contribution in [0.15, 0.2) is 42.5 Å². The van der Waals surface area contributed by atoms with Crippen molar-refractivity contribution in [1.82, 2.24) is 10.6 Å². The molecule has 0 aromatic heterocycles. The van der Waals surface area contributed by atoms with Gasteiger partial charge in [-0.15, -0.1) is 0 Å². The Kier molecular flexibility index (Phi) is 8.33. The smallest absolute Gasteiger partial charge is 0.313 e. The van der Waals surface area contributed by atoms with Gasteiger partial charge in [0.05, 0.1) is 11.1 Å².